The van der Waals surface area contributed by atoms with Crippen molar-refractivity contribution in [1.82, 2.24) is 47.9 Å². The van der Waals surface area contributed by atoms with Crippen LogP contribution in [0.2, 0.25) is 0 Å². The molecule has 0 saturated carbocycles. The topological polar surface area (TPSA) is 558 Å². The first-order chi connectivity index (χ1) is 37.4. The van der Waals surface area contributed by atoms with Crippen LogP contribution in [0.25, 0.3) is 0 Å². The summed E-state index contributed by atoms with van der Waals surface area (Å²) in [6, 6.07) is -13.9. The maximum Gasteiger partial charge on any atom is 0.326 e. The smallest absolute Gasteiger partial charge is 0.326 e. The van der Waals surface area contributed by atoms with Crippen LogP contribution < -0.4 is 53.6 Å². The van der Waals surface area contributed by atoms with E-state index in [2.05, 4.69) is 47.9 Å². The number of aliphatic carboxylic acids is 3. The lowest BCUT2D eigenvalue weighted by atomic mass is 9.94. The van der Waals surface area contributed by atoms with Crippen LogP contribution in [0.3, 0.4) is 0 Å². The van der Waals surface area contributed by atoms with E-state index in [9.17, 15) is 93.3 Å². The van der Waals surface area contributed by atoms with Crippen molar-refractivity contribution < 1.29 is 122 Å². The lowest BCUT2D eigenvalue weighted by molar-refractivity contribution is -0.333. The number of rotatable bonds is 32. The molecule has 0 aromatic heterocycles. The molecule has 0 aromatic carbocycles. The summed E-state index contributed by atoms with van der Waals surface area (Å²) in [6.07, 6.45) is -17.9. The molecule has 0 bridgehead atoms. The Labute approximate surface area is 456 Å². The SMILES string of the molecule is CC(=O)NC1C(OC2C(CO)OC(O)C(NC(C)=O)C2OC(C)C(=O)NC(C)C(=O)NC(CCC(=O)NC(CCCNC(=O)C(CO)NC(=O)C(N)CC(=O)O)C(=O)NC(C)C(=O)NC(C)C(=O)O)C(=O)O)OC(CO)C(O)C1O. The molecular formula is C45H74N10O25. The normalized spacial score (nSPS) is 25.6. The summed E-state index contributed by atoms with van der Waals surface area (Å²) >= 11 is 0. The largest absolute Gasteiger partial charge is 0.481 e. The second-order valence-corrected chi connectivity index (χ2v) is 18.7. The van der Waals surface area contributed by atoms with Gasteiger partial charge in [-0.05, 0) is 47.0 Å². The molecule has 0 spiro atoms. The van der Waals surface area contributed by atoms with Gasteiger partial charge in [0.1, 0.15) is 91.1 Å². The zero-order valence-corrected chi connectivity index (χ0v) is 44.4. The summed E-state index contributed by atoms with van der Waals surface area (Å²) in [7, 11) is 0. The lowest BCUT2D eigenvalue weighted by Crippen LogP contribution is -2.70. The summed E-state index contributed by atoms with van der Waals surface area (Å²) < 4.78 is 23.1. The molecule has 454 valence electrons. The Morgan fingerprint density at radius 3 is 1.66 bits per heavy atom. The summed E-state index contributed by atoms with van der Waals surface area (Å²) in [4.78, 5) is 150. The highest BCUT2D eigenvalue weighted by Crippen LogP contribution is 2.31. The van der Waals surface area contributed by atoms with Crippen LogP contribution >= 0.6 is 0 Å². The Morgan fingerprint density at radius 2 is 1.12 bits per heavy atom. The maximum absolute atomic E-state index is 13.6. The molecule has 2 fully saturated rings. The summed E-state index contributed by atoms with van der Waals surface area (Å²) in [5.41, 5.74) is 5.49. The summed E-state index contributed by atoms with van der Waals surface area (Å²) in [5.74, 6) is -13.1. The Hall–Kier alpha value is -6.80. The molecule has 0 radical (unpaired) electrons. The third-order valence-electron chi connectivity index (χ3n) is 12.2. The molecule has 2 rings (SSSR count). The highest BCUT2D eigenvalue weighted by molar-refractivity contribution is 5.94. The number of carboxylic acids is 3. The fourth-order valence-corrected chi connectivity index (χ4v) is 7.76. The van der Waals surface area contributed by atoms with Gasteiger partial charge in [-0.1, -0.05) is 0 Å². The summed E-state index contributed by atoms with van der Waals surface area (Å²) in [5, 5.41) is 110. The first-order valence-corrected chi connectivity index (χ1v) is 24.9. The number of ether oxygens (including phenoxy) is 4. The predicted molar refractivity (Wildman–Crippen MR) is 263 cm³/mol. The Morgan fingerprint density at radius 1 is 0.575 bits per heavy atom. The van der Waals surface area contributed by atoms with Gasteiger partial charge in [0, 0.05) is 26.8 Å². The molecule has 2 aliphatic rings. The molecule has 2 aliphatic heterocycles. The van der Waals surface area contributed by atoms with Crippen LogP contribution in [0.15, 0.2) is 0 Å². The van der Waals surface area contributed by atoms with Crippen LogP contribution in [0.5, 0.6) is 0 Å². The van der Waals surface area contributed by atoms with E-state index in [1.807, 2.05) is 0 Å². The van der Waals surface area contributed by atoms with E-state index >= 15 is 0 Å². The minimum atomic E-state index is -1.94. The minimum absolute atomic E-state index is 0.130. The molecule has 80 heavy (non-hydrogen) atoms. The van der Waals surface area contributed by atoms with E-state index in [-0.39, 0.29) is 19.4 Å². The van der Waals surface area contributed by atoms with Gasteiger partial charge >= 0.3 is 17.9 Å². The predicted octanol–water partition coefficient (Wildman–Crippen LogP) is -10.1. The fraction of sp³-hybridized carbons (Fsp3) is 0.733. The van der Waals surface area contributed by atoms with Crippen LogP contribution in [0.4, 0.5) is 0 Å². The van der Waals surface area contributed by atoms with E-state index in [0.29, 0.717) is 0 Å². The molecule has 0 aliphatic carbocycles. The molecule has 9 amide bonds. The van der Waals surface area contributed by atoms with Gasteiger partial charge in [0.25, 0.3) is 0 Å². The van der Waals surface area contributed by atoms with Crippen molar-refractivity contribution in [2.24, 2.45) is 5.73 Å². The number of carbonyl (C=O) groups excluding carboxylic acids is 9. The molecule has 18 unspecified atom stereocenters. The first kappa shape index (κ1) is 69.3. The van der Waals surface area contributed by atoms with Gasteiger partial charge < -0.3 is 118 Å². The molecule has 2 heterocycles. The average Bonchev–Trinajstić information content (AvgIpc) is 3.37. The molecule has 2 saturated heterocycles. The van der Waals surface area contributed by atoms with Crippen molar-refractivity contribution in [3.8, 4) is 0 Å². The monoisotopic (exact) mass is 1150 g/mol. The van der Waals surface area contributed by atoms with Crippen LogP contribution in [0, 0.1) is 0 Å². The second kappa shape index (κ2) is 33.1. The third kappa shape index (κ3) is 21.7. The van der Waals surface area contributed by atoms with Crippen LogP contribution in [-0.2, 0) is 76.5 Å². The number of nitrogens with two attached hydrogens (primary N) is 1. The Kier molecular flexibility index (Phi) is 28.7. The first-order valence-electron chi connectivity index (χ1n) is 24.9. The number of hydrogen-bond donors (Lipinski definition) is 19. The second-order valence-electron chi connectivity index (χ2n) is 18.7. The van der Waals surface area contributed by atoms with Gasteiger partial charge in [-0.25, -0.2) is 4.79 Å². The number of carboxylic acid groups (broad SMARTS) is 3. The van der Waals surface area contributed by atoms with E-state index < -0.39 is 220 Å². The molecular weight excluding hydrogens is 1080 g/mol. The number of aliphatic hydroxyl groups is 6. The quantitative estimate of drug-likeness (QED) is 0.0278. The van der Waals surface area contributed by atoms with Gasteiger partial charge in [0.05, 0.1) is 32.3 Å². The average molecular weight is 1160 g/mol. The van der Waals surface area contributed by atoms with Crippen molar-refractivity contribution in [2.45, 2.75) is 183 Å². The third-order valence-corrected chi connectivity index (χ3v) is 12.2. The van der Waals surface area contributed by atoms with Crippen molar-refractivity contribution >= 4 is 71.1 Å². The van der Waals surface area contributed by atoms with Crippen molar-refractivity contribution in [3.63, 3.8) is 0 Å². The maximum atomic E-state index is 13.6. The van der Waals surface area contributed by atoms with Gasteiger partial charge in [-0.15, -0.1) is 0 Å². The number of nitrogens with one attached hydrogen (secondary N) is 9. The van der Waals surface area contributed by atoms with Gasteiger partial charge in [0.2, 0.25) is 53.2 Å². The molecule has 35 heteroatoms. The summed E-state index contributed by atoms with van der Waals surface area (Å²) in [6.45, 7) is 3.74. The Bertz CT molecular complexity index is 2200. The van der Waals surface area contributed by atoms with Crippen molar-refractivity contribution in [3.05, 3.63) is 0 Å². The van der Waals surface area contributed by atoms with E-state index in [4.69, 9.17) is 34.9 Å². The lowest BCUT2D eigenvalue weighted by Gasteiger charge is -2.48. The standard InChI is InChI=1S/C45H74N10O25/c1-16(36(66)50-18(3)42(72)73)49-41(71)23(8-7-11-47-40(70)25(13-56)55-39(69)22(46)12-29(62)63)53-28(61)10-9-24(43(74)75)54-37(67)17(2)48-38(68)19(4)77-35-31(52-21(6)60)44(76)78-27(15-58)34(35)80-45-30(51-20(5)59)33(65)32(64)26(14-57)79-45/h16-19,22-27,30-35,44-45,56-58,64-65,76H,7-15,46H2,1-6H3,(H,47,70)(H,48,68)(H,49,71)(H,50,66)(H,51,59)(H,52,60)(H,53,61)(H,54,67)(H,55,69)(H,62,63)(H,72,73)(H,74,75). The van der Waals surface area contributed by atoms with Gasteiger partial charge in [0.15, 0.2) is 12.6 Å². The van der Waals surface area contributed by atoms with Crippen LogP contribution in [0.1, 0.15) is 73.6 Å². The van der Waals surface area contributed by atoms with E-state index in [1.165, 1.54) is 6.92 Å². The molecule has 0 aromatic rings. The van der Waals surface area contributed by atoms with Gasteiger partial charge in [-0.2, -0.15) is 0 Å². The van der Waals surface area contributed by atoms with Crippen molar-refractivity contribution in [2.75, 3.05) is 26.4 Å². The minimum Gasteiger partial charge on any atom is -0.481 e. The highest BCUT2D eigenvalue weighted by Gasteiger charge is 2.53. The van der Waals surface area contributed by atoms with E-state index in [0.717, 1.165) is 34.6 Å². The fourth-order valence-electron chi connectivity index (χ4n) is 7.76. The number of amides is 9. The highest BCUT2D eigenvalue weighted by atomic mass is 16.7. The molecule has 35 nitrogen and oxygen atoms in total. The van der Waals surface area contributed by atoms with E-state index in [1.54, 1.807) is 0 Å². The zero-order chi connectivity index (χ0) is 60.9. The zero-order valence-electron chi connectivity index (χ0n) is 44.4. The number of aliphatic hydroxyl groups excluding tert-OH is 6. The number of hydrogen-bond acceptors (Lipinski definition) is 23. The van der Waals surface area contributed by atoms with Crippen molar-refractivity contribution in [1.29, 1.82) is 0 Å². The number of carbonyl (C=O) groups is 12. The van der Waals surface area contributed by atoms with Crippen LogP contribution in [-0.4, -0.2) is 253 Å². The molecule has 18 atom stereocenters. The molecule has 20 N–H and O–H groups in total. The Balaban J connectivity index is 2.23. The van der Waals surface area contributed by atoms with Gasteiger partial charge in [-0.3, -0.25) is 52.7 Å².